The molecule has 0 heterocycles. The van der Waals surface area contributed by atoms with Crippen molar-refractivity contribution in [2.45, 2.75) is 5.92 Å². The number of phenols is 1. The summed E-state index contributed by atoms with van der Waals surface area (Å²) in [5.41, 5.74) is 0.276. The van der Waals surface area contributed by atoms with Gasteiger partial charge < -0.3 is 10.2 Å². The van der Waals surface area contributed by atoms with E-state index in [0.717, 1.165) is 6.26 Å². The second-order valence-corrected chi connectivity index (χ2v) is 5.76. The quantitative estimate of drug-likeness (QED) is 0.809. The van der Waals surface area contributed by atoms with E-state index in [1.807, 2.05) is 0 Å². The van der Waals surface area contributed by atoms with E-state index in [4.69, 9.17) is 5.11 Å². The third kappa shape index (κ3) is 3.54. The summed E-state index contributed by atoms with van der Waals surface area (Å²) in [6, 6.07) is 5.60. The summed E-state index contributed by atoms with van der Waals surface area (Å²) >= 11 is 0. The Balaban J connectivity index is 3.08. The molecule has 0 spiro atoms. The first-order valence-electron chi connectivity index (χ1n) is 4.49. The van der Waals surface area contributed by atoms with Gasteiger partial charge in [0, 0.05) is 6.26 Å². The van der Waals surface area contributed by atoms with Gasteiger partial charge in [0.25, 0.3) is 0 Å². The van der Waals surface area contributed by atoms with Crippen LogP contribution in [0.2, 0.25) is 0 Å². The lowest BCUT2D eigenvalue weighted by Crippen LogP contribution is -2.21. The molecule has 1 aromatic rings. The molecule has 1 aromatic carbocycles. The number of hydrogen-bond acceptors (Lipinski definition) is 4. The predicted molar refractivity (Wildman–Crippen MR) is 58.2 cm³/mol. The first kappa shape index (κ1) is 12.5. The van der Waals surface area contributed by atoms with Gasteiger partial charge in [-0.1, -0.05) is 12.1 Å². The van der Waals surface area contributed by atoms with Crippen LogP contribution < -0.4 is 0 Å². The molecule has 0 saturated heterocycles. The molecule has 1 rings (SSSR count). The first-order chi connectivity index (χ1) is 7.29. The topological polar surface area (TPSA) is 91.7 Å². The van der Waals surface area contributed by atoms with Gasteiger partial charge in [0.1, 0.15) is 15.6 Å². The number of aromatic hydroxyl groups is 1. The third-order valence-electron chi connectivity index (χ3n) is 2.04. The van der Waals surface area contributed by atoms with E-state index in [9.17, 15) is 18.3 Å². The molecule has 0 aliphatic carbocycles. The Morgan fingerprint density at radius 1 is 1.44 bits per heavy atom. The summed E-state index contributed by atoms with van der Waals surface area (Å²) in [6.07, 6.45) is 0.978. The van der Waals surface area contributed by atoms with Crippen molar-refractivity contribution in [1.29, 1.82) is 0 Å². The van der Waals surface area contributed by atoms with E-state index >= 15 is 0 Å². The molecular weight excluding hydrogens is 232 g/mol. The van der Waals surface area contributed by atoms with E-state index < -0.39 is 27.5 Å². The first-order valence-corrected chi connectivity index (χ1v) is 6.55. The highest BCUT2D eigenvalue weighted by Crippen LogP contribution is 2.21. The van der Waals surface area contributed by atoms with Gasteiger partial charge in [-0.15, -0.1) is 0 Å². The number of carboxylic acids is 1. The third-order valence-corrected chi connectivity index (χ3v) is 2.98. The molecule has 88 valence electrons. The zero-order valence-corrected chi connectivity index (χ0v) is 9.44. The van der Waals surface area contributed by atoms with Crippen LogP contribution in [-0.4, -0.2) is 36.6 Å². The maximum atomic E-state index is 11.1. The normalized spacial score (nSPS) is 13.3. The number of carbonyl (C=O) groups is 1. The lowest BCUT2D eigenvalue weighted by atomic mass is 10.0. The van der Waals surface area contributed by atoms with Crippen molar-refractivity contribution in [1.82, 2.24) is 0 Å². The molecule has 0 radical (unpaired) electrons. The zero-order chi connectivity index (χ0) is 12.3. The van der Waals surface area contributed by atoms with Crippen molar-refractivity contribution in [3.63, 3.8) is 0 Å². The number of carboxylic acid groups (broad SMARTS) is 1. The van der Waals surface area contributed by atoms with Crippen LogP contribution in [0.5, 0.6) is 5.75 Å². The van der Waals surface area contributed by atoms with Gasteiger partial charge in [0.2, 0.25) is 0 Å². The minimum absolute atomic E-state index is 0.0859. The van der Waals surface area contributed by atoms with Gasteiger partial charge >= 0.3 is 5.97 Å². The van der Waals surface area contributed by atoms with Crippen LogP contribution in [0.15, 0.2) is 24.3 Å². The summed E-state index contributed by atoms with van der Waals surface area (Å²) in [4.78, 5) is 10.9. The molecule has 0 saturated carbocycles. The predicted octanol–water partition coefficient (Wildman–Crippen LogP) is 0.605. The van der Waals surface area contributed by atoms with Crippen LogP contribution in [0.3, 0.4) is 0 Å². The lowest BCUT2D eigenvalue weighted by Gasteiger charge is -2.11. The van der Waals surface area contributed by atoms with Gasteiger partial charge in [-0.3, -0.25) is 4.79 Å². The Labute approximate surface area is 93.3 Å². The maximum Gasteiger partial charge on any atom is 0.312 e. The Morgan fingerprint density at radius 3 is 2.50 bits per heavy atom. The van der Waals surface area contributed by atoms with Crippen LogP contribution in [0.1, 0.15) is 11.5 Å². The van der Waals surface area contributed by atoms with Crippen LogP contribution in [0, 0.1) is 0 Å². The van der Waals surface area contributed by atoms with Gasteiger partial charge in [0.05, 0.1) is 11.7 Å². The van der Waals surface area contributed by atoms with Crippen LogP contribution >= 0.6 is 0 Å². The number of benzene rings is 1. The van der Waals surface area contributed by atoms with E-state index in [1.165, 1.54) is 24.3 Å². The summed E-state index contributed by atoms with van der Waals surface area (Å²) in [5, 5.41) is 18.1. The molecule has 0 aliphatic heterocycles. The average molecular weight is 244 g/mol. The number of rotatable bonds is 4. The number of aliphatic carboxylic acids is 1. The fourth-order valence-corrected chi connectivity index (χ4v) is 2.29. The van der Waals surface area contributed by atoms with Crippen molar-refractivity contribution in [3.05, 3.63) is 29.8 Å². The molecule has 0 bridgehead atoms. The molecule has 0 aliphatic rings. The lowest BCUT2D eigenvalue weighted by molar-refractivity contribution is -0.138. The van der Waals surface area contributed by atoms with E-state index in [0.29, 0.717) is 0 Å². The van der Waals surface area contributed by atoms with Gasteiger partial charge in [-0.25, -0.2) is 8.42 Å². The molecule has 1 atom stereocenters. The molecule has 2 N–H and O–H groups in total. The monoisotopic (exact) mass is 244 g/mol. The molecule has 5 nitrogen and oxygen atoms in total. The van der Waals surface area contributed by atoms with E-state index in [2.05, 4.69) is 0 Å². The molecule has 0 fully saturated rings. The SMILES string of the molecule is CS(=O)(=O)CC(C(=O)O)c1cccc(O)c1. The van der Waals surface area contributed by atoms with Crippen molar-refractivity contribution < 1.29 is 23.4 Å². The Hall–Kier alpha value is -1.56. The largest absolute Gasteiger partial charge is 0.508 e. The van der Waals surface area contributed by atoms with Gasteiger partial charge in [0.15, 0.2) is 0 Å². The average Bonchev–Trinajstić information content (AvgIpc) is 2.12. The molecule has 0 amide bonds. The van der Waals surface area contributed by atoms with Gasteiger partial charge in [-0.05, 0) is 17.7 Å². The standard InChI is InChI=1S/C10H12O5S/c1-16(14,15)6-9(10(12)13)7-3-2-4-8(11)5-7/h2-5,9,11H,6H2,1H3,(H,12,13). The van der Waals surface area contributed by atoms with Gasteiger partial charge in [-0.2, -0.15) is 0 Å². The second-order valence-electron chi connectivity index (χ2n) is 3.58. The van der Waals surface area contributed by atoms with Crippen molar-refractivity contribution in [3.8, 4) is 5.75 Å². The van der Waals surface area contributed by atoms with Crippen LogP contribution in [0.4, 0.5) is 0 Å². The van der Waals surface area contributed by atoms with Crippen molar-refractivity contribution in [2.24, 2.45) is 0 Å². The molecule has 6 heteroatoms. The highest BCUT2D eigenvalue weighted by Gasteiger charge is 2.24. The van der Waals surface area contributed by atoms with E-state index in [1.54, 1.807) is 0 Å². The fraction of sp³-hybridized carbons (Fsp3) is 0.300. The summed E-state index contributed by atoms with van der Waals surface area (Å²) < 4.78 is 22.2. The van der Waals surface area contributed by atoms with Crippen LogP contribution in [0.25, 0.3) is 0 Å². The number of phenolic OH excluding ortho intramolecular Hbond substituents is 1. The smallest absolute Gasteiger partial charge is 0.312 e. The Kier molecular flexibility index (Phi) is 3.54. The Morgan fingerprint density at radius 2 is 2.06 bits per heavy atom. The minimum atomic E-state index is -3.39. The minimum Gasteiger partial charge on any atom is -0.508 e. The molecule has 16 heavy (non-hydrogen) atoms. The van der Waals surface area contributed by atoms with Crippen molar-refractivity contribution >= 4 is 15.8 Å². The highest BCUT2D eigenvalue weighted by atomic mass is 32.2. The number of hydrogen-bond donors (Lipinski definition) is 2. The highest BCUT2D eigenvalue weighted by molar-refractivity contribution is 7.90. The zero-order valence-electron chi connectivity index (χ0n) is 8.62. The fourth-order valence-electron chi connectivity index (χ4n) is 1.35. The Bertz CT molecular complexity index is 492. The van der Waals surface area contributed by atoms with Crippen molar-refractivity contribution in [2.75, 3.05) is 12.0 Å². The molecule has 0 aromatic heterocycles. The second kappa shape index (κ2) is 4.52. The molecular formula is C10H12O5S. The van der Waals surface area contributed by atoms with Crippen LogP contribution in [-0.2, 0) is 14.6 Å². The maximum absolute atomic E-state index is 11.1. The summed E-state index contributed by atoms with van der Waals surface area (Å²) in [6.45, 7) is 0. The number of sulfone groups is 1. The summed E-state index contributed by atoms with van der Waals surface area (Å²) in [5.74, 6) is -2.94. The van der Waals surface area contributed by atoms with E-state index in [-0.39, 0.29) is 11.3 Å². The summed E-state index contributed by atoms with van der Waals surface area (Å²) in [7, 11) is -3.39. The molecule has 1 unspecified atom stereocenters.